The third-order valence-electron chi connectivity index (χ3n) is 2.20. The van der Waals surface area contributed by atoms with Gasteiger partial charge in [-0.1, -0.05) is 29.8 Å². The molecular weight excluding hydrogens is 252 g/mol. The van der Waals surface area contributed by atoms with Crippen LogP contribution in [0.4, 0.5) is 10.5 Å². The maximum Gasteiger partial charge on any atom is 0.352 e. The van der Waals surface area contributed by atoms with E-state index in [0.717, 1.165) is 5.06 Å². The summed E-state index contributed by atoms with van der Waals surface area (Å²) in [6.07, 6.45) is 0. The lowest BCUT2D eigenvalue weighted by Gasteiger charge is -2.20. The molecule has 4 nitrogen and oxygen atoms in total. The minimum atomic E-state index is -0.698. The van der Waals surface area contributed by atoms with Gasteiger partial charge in [-0.15, -0.1) is 5.06 Å². The van der Waals surface area contributed by atoms with Crippen molar-refractivity contribution in [2.75, 3.05) is 5.06 Å². The Morgan fingerprint density at radius 1 is 1.06 bits per heavy atom. The van der Waals surface area contributed by atoms with Crippen LogP contribution in [0.15, 0.2) is 54.6 Å². The zero-order valence-electron chi connectivity index (χ0n) is 9.42. The first-order valence-corrected chi connectivity index (χ1v) is 5.63. The summed E-state index contributed by atoms with van der Waals surface area (Å²) in [6.45, 7) is 0. The molecule has 18 heavy (non-hydrogen) atoms. The molecule has 0 aliphatic rings. The van der Waals surface area contributed by atoms with E-state index in [4.69, 9.17) is 22.2 Å². The van der Waals surface area contributed by atoms with Crippen LogP contribution in [0.3, 0.4) is 0 Å². The van der Waals surface area contributed by atoms with Gasteiger partial charge in [0, 0.05) is 5.02 Å². The Labute approximate surface area is 109 Å². The van der Waals surface area contributed by atoms with Crippen molar-refractivity contribution in [2.45, 2.75) is 0 Å². The van der Waals surface area contributed by atoms with Crippen LogP contribution in [0.1, 0.15) is 0 Å². The van der Waals surface area contributed by atoms with E-state index in [-0.39, 0.29) is 0 Å². The molecule has 0 radical (unpaired) electrons. The molecule has 0 spiro atoms. The molecule has 0 bridgehead atoms. The van der Waals surface area contributed by atoms with Crippen molar-refractivity contribution in [2.24, 2.45) is 5.73 Å². The lowest BCUT2D eigenvalue weighted by Crippen LogP contribution is -2.38. The van der Waals surface area contributed by atoms with Crippen LogP contribution in [-0.2, 0) is 0 Å². The first-order valence-electron chi connectivity index (χ1n) is 5.25. The minimum Gasteiger partial charge on any atom is -0.370 e. The third-order valence-corrected chi connectivity index (χ3v) is 2.45. The lowest BCUT2D eigenvalue weighted by atomic mass is 10.3. The summed E-state index contributed by atoms with van der Waals surface area (Å²) in [5.41, 5.74) is 5.84. The molecule has 0 heterocycles. The van der Waals surface area contributed by atoms with Crippen LogP contribution in [0.25, 0.3) is 0 Å². The Hall–Kier alpha value is -2.20. The second-order valence-electron chi connectivity index (χ2n) is 3.51. The first kappa shape index (κ1) is 12.3. The molecule has 92 valence electrons. The van der Waals surface area contributed by atoms with Crippen molar-refractivity contribution in [3.05, 3.63) is 59.6 Å². The fraction of sp³-hybridized carbons (Fsp3) is 0. The second kappa shape index (κ2) is 5.42. The average molecular weight is 263 g/mol. The van der Waals surface area contributed by atoms with E-state index in [1.807, 2.05) is 6.07 Å². The highest BCUT2D eigenvalue weighted by molar-refractivity contribution is 6.30. The van der Waals surface area contributed by atoms with Crippen LogP contribution in [0.5, 0.6) is 5.75 Å². The Balaban J connectivity index is 2.22. The highest BCUT2D eigenvalue weighted by Crippen LogP contribution is 2.20. The maximum atomic E-state index is 11.4. The number of urea groups is 1. The number of benzene rings is 2. The number of hydroxylamine groups is 1. The molecule has 0 saturated heterocycles. The van der Waals surface area contributed by atoms with Gasteiger partial charge in [-0.2, -0.15) is 0 Å². The van der Waals surface area contributed by atoms with Crippen LogP contribution >= 0.6 is 11.6 Å². The zero-order valence-corrected chi connectivity index (χ0v) is 10.2. The highest BCUT2D eigenvalue weighted by atomic mass is 35.5. The van der Waals surface area contributed by atoms with Gasteiger partial charge < -0.3 is 10.6 Å². The van der Waals surface area contributed by atoms with E-state index in [0.29, 0.717) is 16.5 Å². The van der Waals surface area contributed by atoms with Crippen LogP contribution < -0.4 is 15.6 Å². The molecule has 0 aliphatic carbocycles. The smallest absolute Gasteiger partial charge is 0.352 e. The Kier molecular flexibility index (Phi) is 3.69. The fourth-order valence-corrected chi connectivity index (χ4v) is 1.52. The number of rotatable bonds is 3. The van der Waals surface area contributed by atoms with Crippen LogP contribution in [0, 0.1) is 0 Å². The number of carbonyl (C=O) groups is 1. The quantitative estimate of drug-likeness (QED) is 0.864. The lowest BCUT2D eigenvalue weighted by molar-refractivity contribution is 0.221. The number of para-hydroxylation sites is 1. The summed E-state index contributed by atoms with van der Waals surface area (Å²) in [5, 5.41) is 1.61. The predicted octanol–water partition coefficient (Wildman–Crippen LogP) is 3.22. The van der Waals surface area contributed by atoms with Gasteiger partial charge in [0.25, 0.3) is 0 Å². The molecule has 2 amide bonds. The Morgan fingerprint density at radius 2 is 1.67 bits per heavy atom. The molecular formula is C13H11ClN2O2. The van der Waals surface area contributed by atoms with Gasteiger partial charge in [0.05, 0.1) is 5.69 Å². The van der Waals surface area contributed by atoms with E-state index in [2.05, 4.69) is 0 Å². The number of nitrogens with zero attached hydrogens (tertiary/aromatic N) is 1. The molecule has 0 saturated carbocycles. The minimum absolute atomic E-state index is 0.474. The van der Waals surface area contributed by atoms with E-state index in [9.17, 15) is 4.79 Å². The van der Waals surface area contributed by atoms with Crippen molar-refractivity contribution in [1.29, 1.82) is 0 Å². The van der Waals surface area contributed by atoms with Crippen molar-refractivity contribution in [3.8, 4) is 5.75 Å². The highest BCUT2D eigenvalue weighted by Gasteiger charge is 2.14. The molecule has 0 atom stereocenters. The maximum absolute atomic E-state index is 11.4. The van der Waals surface area contributed by atoms with E-state index < -0.39 is 6.03 Å². The summed E-state index contributed by atoms with van der Waals surface area (Å²) in [5.74, 6) is 0.474. The van der Waals surface area contributed by atoms with Crippen molar-refractivity contribution >= 4 is 23.3 Å². The molecule has 0 unspecified atom stereocenters. The summed E-state index contributed by atoms with van der Waals surface area (Å²) < 4.78 is 0. The van der Waals surface area contributed by atoms with Crippen molar-refractivity contribution in [3.63, 3.8) is 0 Å². The van der Waals surface area contributed by atoms with Crippen molar-refractivity contribution < 1.29 is 9.63 Å². The van der Waals surface area contributed by atoms with Gasteiger partial charge in [0.1, 0.15) is 0 Å². The summed E-state index contributed by atoms with van der Waals surface area (Å²) >= 11 is 5.77. The van der Waals surface area contributed by atoms with Gasteiger partial charge in [0.15, 0.2) is 5.75 Å². The summed E-state index contributed by atoms with van der Waals surface area (Å²) in [6, 6.07) is 14.8. The molecule has 2 aromatic rings. The molecule has 2 aromatic carbocycles. The number of carbonyl (C=O) groups excluding carboxylic acids is 1. The Morgan fingerprint density at radius 3 is 2.22 bits per heavy atom. The zero-order chi connectivity index (χ0) is 13.0. The van der Waals surface area contributed by atoms with Gasteiger partial charge in [-0.25, -0.2) is 4.79 Å². The fourth-order valence-electron chi connectivity index (χ4n) is 1.39. The third kappa shape index (κ3) is 2.93. The first-order chi connectivity index (χ1) is 8.66. The monoisotopic (exact) mass is 262 g/mol. The van der Waals surface area contributed by atoms with Gasteiger partial charge in [-0.05, 0) is 36.4 Å². The van der Waals surface area contributed by atoms with Gasteiger partial charge in [-0.3, -0.25) is 0 Å². The van der Waals surface area contributed by atoms with Crippen LogP contribution in [0.2, 0.25) is 5.02 Å². The number of anilines is 1. The Bertz CT molecular complexity index is 528. The number of nitrogens with two attached hydrogens (primary N) is 1. The topological polar surface area (TPSA) is 55.6 Å². The van der Waals surface area contributed by atoms with E-state index in [1.54, 1.807) is 48.5 Å². The second-order valence-corrected chi connectivity index (χ2v) is 3.95. The van der Waals surface area contributed by atoms with E-state index in [1.165, 1.54) is 0 Å². The molecule has 0 aromatic heterocycles. The average Bonchev–Trinajstić information content (AvgIpc) is 2.38. The summed E-state index contributed by atoms with van der Waals surface area (Å²) in [4.78, 5) is 16.8. The standard InChI is InChI=1S/C13H11ClN2O2/c14-10-6-8-12(9-7-10)18-16(13(15)17)11-4-2-1-3-5-11/h1-9H,(H2,15,17). The van der Waals surface area contributed by atoms with Crippen LogP contribution in [-0.4, -0.2) is 6.03 Å². The van der Waals surface area contributed by atoms with E-state index >= 15 is 0 Å². The summed E-state index contributed by atoms with van der Waals surface area (Å²) in [7, 11) is 0. The molecule has 2 N–H and O–H groups in total. The van der Waals surface area contributed by atoms with Gasteiger partial charge >= 0.3 is 6.03 Å². The number of halogens is 1. The molecule has 5 heteroatoms. The molecule has 0 aliphatic heterocycles. The van der Waals surface area contributed by atoms with Crippen molar-refractivity contribution in [1.82, 2.24) is 0 Å². The normalized spacial score (nSPS) is 9.83. The van der Waals surface area contributed by atoms with Gasteiger partial charge in [0.2, 0.25) is 0 Å². The largest absolute Gasteiger partial charge is 0.370 e. The number of primary amides is 1. The predicted molar refractivity (Wildman–Crippen MR) is 70.6 cm³/mol. The number of amides is 2. The molecule has 0 fully saturated rings. The number of hydrogen-bond donors (Lipinski definition) is 1. The SMILES string of the molecule is NC(=O)N(Oc1ccc(Cl)cc1)c1ccccc1. The number of hydrogen-bond acceptors (Lipinski definition) is 2. The molecule has 2 rings (SSSR count).